The highest BCUT2D eigenvalue weighted by atomic mass is 16.7. The quantitative estimate of drug-likeness (QED) is 0.0536. The van der Waals surface area contributed by atoms with Gasteiger partial charge in [-0.05, 0) is 242 Å². The molecule has 101 heavy (non-hydrogen) atoms. The lowest BCUT2D eigenvalue weighted by Crippen LogP contribution is -2.60. The first-order valence-electron chi connectivity index (χ1n) is 37.8. The van der Waals surface area contributed by atoms with Crippen LogP contribution in [0.15, 0.2) is 0 Å². The van der Waals surface area contributed by atoms with Crippen molar-refractivity contribution in [2.45, 2.75) is 335 Å². The van der Waals surface area contributed by atoms with E-state index in [4.69, 9.17) is 28.4 Å². The average molecular weight is 1420 g/mol. The van der Waals surface area contributed by atoms with Gasteiger partial charge in [-0.2, -0.15) is 38.5 Å². The maximum Gasteiger partial charge on any atom is 0.308 e. The molecule has 0 aliphatic heterocycles. The first kappa shape index (κ1) is 97.0. The van der Waals surface area contributed by atoms with Crippen LogP contribution < -0.4 is 0 Å². The standard InChI is InChI=1S/C18H29O2.C16H25O2.C15H23O3.C13H23O2.C10H17O3.C9H17O2.6CH3/c1-5-12(2)16(19)20-17(3,4)18-9-13-6-14(10-18)8-15(7-13)11-18;1-4-10(2)15(17)18-16(3)13-6-11-5-12(8-13)9-14(16)7-11;1-3-10(2)13(16)18-15-7-11-4-12(8-15)6-14(17,5-11)9-15;1-5-11(4)12(14)15-13(10(2)3)8-6-7-9-13;1-3-8(2)9(11)13-10(12)6-4-5-7-10;1-6-7(2)8(10)11-9(3,4)5;;;;;;/h12-15H,1,5-11H2,2-4H3;10-14H,1,4-9H2,2-3H3;10-12,17H,1,3-9H2,2H3;10-11H,1,5-9H2,2-4H3;8,12H,1,3-7H2,2H3;7H,1,6H2,2-5H3;6*1H3/q6*-1;6*+1. The van der Waals surface area contributed by atoms with E-state index in [-0.39, 0.29) is 149 Å². The molecule has 0 spiro atoms. The van der Waals surface area contributed by atoms with Gasteiger partial charge in [0.2, 0.25) is 5.79 Å². The normalized spacial score (nSPS) is 32.5. The molecule has 14 rings (SSSR count). The van der Waals surface area contributed by atoms with Gasteiger partial charge >= 0.3 is 35.8 Å². The van der Waals surface area contributed by atoms with Crippen molar-refractivity contribution in [3.8, 4) is 0 Å². The highest BCUT2D eigenvalue weighted by Crippen LogP contribution is 2.65. The monoisotopic (exact) mass is 1420 g/mol. The zero-order valence-corrected chi connectivity index (χ0v) is 68.2. The Hall–Kier alpha value is -4.04. The van der Waals surface area contributed by atoms with Crippen molar-refractivity contribution in [3.63, 3.8) is 0 Å². The fourth-order valence-electron chi connectivity index (χ4n) is 19.0. The van der Waals surface area contributed by atoms with Crippen LogP contribution in [0, 0.1) is 186 Å². The summed E-state index contributed by atoms with van der Waals surface area (Å²) >= 11 is 0. The predicted octanol–water partition coefficient (Wildman–Crippen LogP) is 20.4. The van der Waals surface area contributed by atoms with Gasteiger partial charge in [-0.15, -0.1) is 0 Å². The third-order valence-electron chi connectivity index (χ3n) is 24.9. The van der Waals surface area contributed by atoms with Gasteiger partial charge in [0.05, 0.1) is 5.60 Å². The van der Waals surface area contributed by atoms with Crippen LogP contribution in [-0.4, -0.2) is 85.4 Å². The van der Waals surface area contributed by atoms with Crippen molar-refractivity contribution in [2.24, 2.45) is 100 Å². The Morgan fingerprint density at radius 2 is 0.713 bits per heavy atom. The molecule has 8 unspecified atom stereocenters. The maximum absolute atomic E-state index is 12.2. The number of aliphatic hydroxyl groups is 2. The van der Waals surface area contributed by atoms with Crippen LogP contribution in [0.5, 0.6) is 0 Å². The molecule has 14 heteroatoms. The average Bonchev–Trinajstić information content (AvgIpc) is 0.811. The summed E-state index contributed by atoms with van der Waals surface area (Å²) in [6.07, 6.45) is 31.3. The van der Waals surface area contributed by atoms with E-state index in [2.05, 4.69) is 76.2 Å². The Balaban J connectivity index is 0.00000119. The molecule has 0 heterocycles. The van der Waals surface area contributed by atoms with Crippen LogP contribution >= 0.6 is 0 Å². The highest BCUT2D eigenvalue weighted by molar-refractivity contribution is 5.75. The van der Waals surface area contributed by atoms with Crippen LogP contribution in [0.1, 0.15) is 296 Å². The smallest absolute Gasteiger partial charge is 0.308 e. The molecule has 0 aromatic rings. The maximum atomic E-state index is 12.2. The molecular weight excluding hydrogens is 1270 g/mol. The summed E-state index contributed by atoms with van der Waals surface area (Å²) in [6, 6.07) is 0. The molecule has 14 aliphatic rings. The van der Waals surface area contributed by atoms with Gasteiger partial charge in [-0.1, -0.05) is 55.4 Å². The van der Waals surface area contributed by atoms with E-state index in [1.807, 2.05) is 55.4 Å². The molecule has 14 aliphatic carbocycles. The van der Waals surface area contributed by atoms with Crippen molar-refractivity contribution < 1.29 is 67.4 Å². The van der Waals surface area contributed by atoms with Gasteiger partial charge in [-0.25, -0.2) is 0 Å². The van der Waals surface area contributed by atoms with Crippen molar-refractivity contribution >= 4 is 35.8 Å². The van der Waals surface area contributed by atoms with E-state index in [9.17, 15) is 39.0 Å². The molecule has 14 saturated carbocycles. The first-order valence-corrected chi connectivity index (χ1v) is 37.8. The zero-order chi connectivity index (χ0) is 70.9. The van der Waals surface area contributed by atoms with E-state index in [1.54, 1.807) is 6.92 Å². The van der Waals surface area contributed by atoms with E-state index < -0.39 is 11.4 Å². The molecule has 0 amide bonds. The number of hydrogen-bond acceptors (Lipinski definition) is 14. The summed E-state index contributed by atoms with van der Waals surface area (Å²) in [5, 5.41) is 20.3. The molecule has 8 atom stereocenters. The molecule has 0 saturated heterocycles. The third kappa shape index (κ3) is 25.0. The molecule has 0 aromatic heterocycles. The minimum Gasteiger partial charge on any atom is -0.460 e. The second-order valence-corrected chi connectivity index (χ2v) is 34.9. The van der Waals surface area contributed by atoms with Crippen LogP contribution in [0.25, 0.3) is 0 Å². The molecular formula is C87H152O14. The van der Waals surface area contributed by atoms with E-state index in [0.717, 1.165) is 81.0 Å². The van der Waals surface area contributed by atoms with E-state index in [1.165, 1.54) is 89.9 Å². The molecule has 14 nitrogen and oxygen atoms in total. The van der Waals surface area contributed by atoms with E-state index in [0.29, 0.717) is 87.4 Å². The number of rotatable bonds is 19. The SMILES string of the molecule is [CH2-]CC(C)C(=O)OC(C)(C)C.[CH2-]CC(C)C(=O)OC(C)(C)C12CC3CC(CC(C3)C1)C2.[CH2-]CC(C)C(=O)OC1(C(C)C)CCCC1.[CH2-]CC(C)C(=O)OC1(C)C2CC3CC(C2)CC1C3.[CH2-]CC(C)C(=O)OC1(O)CCCC1.[CH2-]CC(C)C(=O)OC12CC3CC(CC(O)(C3)C1)C2.[CH3+].[CH3+].[CH3+].[CH3+].[CH3+].[CH3+]. The van der Waals surface area contributed by atoms with E-state index >= 15 is 0 Å². The van der Waals surface area contributed by atoms with Gasteiger partial charge in [-0.3, -0.25) is 28.8 Å². The van der Waals surface area contributed by atoms with Crippen LogP contribution in [0.4, 0.5) is 0 Å². The Kier molecular flexibility index (Phi) is 38.5. The number of carbonyl (C=O) groups is 6. The topological polar surface area (TPSA) is 198 Å². The van der Waals surface area contributed by atoms with Gasteiger partial charge in [0.1, 0.15) is 28.0 Å². The summed E-state index contributed by atoms with van der Waals surface area (Å²) < 4.78 is 33.7. The van der Waals surface area contributed by atoms with Crippen LogP contribution in [-0.2, 0) is 57.2 Å². The Morgan fingerprint density at radius 1 is 0.396 bits per heavy atom. The number of ether oxygens (including phenoxy) is 6. The second-order valence-electron chi connectivity index (χ2n) is 34.9. The first-order chi connectivity index (χ1) is 44.3. The van der Waals surface area contributed by atoms with Crippen LogP contribution in [0.3, 0.4) is 0 Å². The molecule has 12 bridgehead atoms. The van der Waals surface area contributed by atoms with Gasteiger partial charge < -0.3 is 80.2 Å². The summed E-state index contributed by atoms with van der Waals surface area (Å²) in [5.74, 6) is 4.69. The molecule has 2 N–H and O–H groups in total. The minimum atomic E-state index is -1.18. The number of esters is 6. The second kappa shape index (κ2) is 40.1. The lowest BCUT2D eigenvalue weighted by molar-refractivity contribution is -0.222. The zero-order valence-electron chi connectivity index (χ0n) is 68.2. The predicted molar refractivity (Wildman–Crippen MR) is 412 cm³/mol. The van der Waals surface area contributed by atoms with Crippen molar-refractivity contribution in [1.82, 2.24) is 0 Å². The number of carbonyl (C=O) groups excluding carboxylic acids is 6. The molecule has 0 aromatic carbocycles. The van der Waals surface area contributed by atoms with Crippen molar-refractivity contribution in [3.05, 3.63) is 86.1 Å². The molecule has 14 fully saturated rings. The summed E-state index contributed by atoms with van der Waals surface area (Å²) in [5.41, 5.74) is -1.71. The van der Waals surface area contributed by atoms with Crippen molar-refractivity contribution in [2.75, 3.05) is 0 Å². The van der Waals surface area contributed by atoms with Gasteiger partial charge in [0, 0.05) is 105 Å². The highest BCUT2D eigenvalue weighted by Gasteiger charge is 2.61. The van der Waals surface area contributed by atoms with Crippen LogP contribution in [0.2, 0.25) is 0 Å². The number of hydrogen-bond donors (Lipinski definition) is 2. The fraction of sp³-hybridized carbons (Fsp3) is 0.793. The molecule has 0 radical (unpaired) electrons. The Labute approximate surface area is 621 Å². The summed E-state index contributed by atoms with van der Waals surface area (Å²) in [4.78, 5) is 70.6. The van der Waals surface area contributed by atoms with Gasteiger partial charge in [0.15, 0.2) is 0 Å². The van der Waals surface area contributed by atoms with Gasteiger partial charge in [0.25, 0.3) is 0 Å². The fourth-order valence-corrected chi connectivity index (χ4v) is 19.0. The third-order valence-corrected chi connectivity index (χ3v) is 24.9. The summed E-state index contributed by atoms with van der Waals surface area (Å²) in [6.45, 7) is 50.0. The molecule has 584 valence electrons. The minimum absolute atomic E-state index is 0. The van der Waals surface area contributed by atoms with Crippen molar-refractivity contribution in [1.29, 1.82) is 0 Å². The summed E-state index contributed by atoms with van der Waals surface area (Å²) in [7, 11) is 0. The largest absolute Gasteiger partial charge is 0.460 e. The lowest BCUT2D eigenvalue weighted by Gasteiger charge is -2.61. The lowest BCUT2D eigenvalue weighted by atomic mass is 9.46. The Morgan fingerprint density at radius 3 is 1.07 bits per heavy atom. The Bertz CT molecular complexity index is 2420.